The number of halogens is 3. The van der Waals surface area contributed by atoms with Crippen molar-refractivity contribution >= 4 is 0 Å². The van der Waals surface area contributed by atoms with Gasteiger partial charge in [0, 0.05) is 25.7 Å². The zero-order chi connectivity index (χ0) is 12.3. The molecule has 1 unspecified atom stereocenters. The summed E-state index contributed by atoms with van der Waals surface area (Å²) >= 11 is 0. The average molecular weight is 250 g/mol. The van der Waals surface area contributed by atoms with Gasteiger partial charge in [-0.05, 0) is 18.8 Å². The minimum atomic E-state index is -4.06. The fraction of sp³-hybridized carbons (Fsp3) is 1.00. The molecule has 0 aromatic carbocycles. The highest BCUT2D eigenvalue weighted by molar-refractivity contribution is 4.86. The Morgan fingerprint density at radius 2 is 1.82 bits per heavy atom. The van der Waals surface area contributed by atoms with E-state index in [1.54, 1.807) is 4.90 Å². The molecule has 0 aromatic heterocycles. The van der Waals surface area contributed by atoms with Crippen LogP contribution in [0.15, 0.2) is 0 Å². The van der Waals surface area contributed by atoms with Gasteiger partial charge in [-0.15, -0.1) is 0 Å². The zero-order valence-corrected chi connectivity index (χ0v) is 10.1. The maximum atomic E-state index is 12.3. The van der Waals surface area contributed by atoms with E-state index in [4.69, 9.17) is 0 Å². The van der Waals surface area contributed by atoms with Crippen LogP contribution in [0.25, 0.3) is 0 Å². The van der Waals surface area contributed by atoms with E-state index < -0.39 is 12.7 Å². The number of hydrogen-bond donors (Lipinski definition) is 1. The predicted octanol–water partition coefficient (Wildman–Crippen LogP) is 2.40. The van der Waals surface area contributed by atoms with E-state index in [-0.39, 0.29) is 6.04 Å². The highest BCUT2D eigenvalue weighted by Gasteiger charge is 2.34. The molecule has 2 nitrogen and oxygen atoms in total. The quantitative estimate of drug-likeness (QED) is 0.809. The Morgan fingerprint density at radius 1 is 1.12 bits per heavy atom. The second-order valence-corrected chi connectivity index (χ2v) is 5.31. The molecule has 1 heterocycles. The first kappa shape index (κ1) is 13.1. The van der Waals surface area contributed by atoms with E-state index >= 15 is 0 Å². The number of alkyl halides is 3. The molecule has 17 heavy (non-hydrogen) atoms. The van der Waals surface area contributed by atoms with Crippen molar-refractivity contribution in [2.24, 2.45) is 5.92 Å². The molecule has 1 saturated heterocycles. The van der Waals surface area contributed by atoms with Crippen LogP contribution in [0, 0.1) is 5.92 Å². The van der Waals surface area contributed by atoms with Crippen molar-refractivity contribution in [3.63, 3.8) is 0 Å². The van der Waals surface area contributed by atoms with E-state index in [1.807, 2.05) is 0 Å². The lowest BCUT2D eigenvalue weighted by atomic mass is 9.83. The van der Waals surface area contributed by atoms with Gasteiger partial charge in [0.2, 0.25) is 0 Å². The first-order valence-corrected chi connectivity index (χ1v) is 6.57. The summed E-state index contributed by atoms with van der Waals surface area (Å²) in [5, 5.41) is 3.40. The smallest absolute Gasteiger partial charge is 0.311 e. The van der Waals surface area contributed by atoms with Gasteiger partial charge >= 0.3 is 6.18 Å². The lowest BCUT2D eigenvalue weighted by Crippen LogP contribution is -2.55. The Balaban J connectivity index is 1.83. The minimum absolute atomic E-state index is 0.270. The third-order valence-corrected chi connectivity index (χ3v) is 3.91. The Labute approximate surface area is 101 Å². The largest absolute Gasteiger partial charge is 0.401 e. The summed E-state index contributed by atoms with van der Waals surface area (Å²) in [5.41, 5.74) is 0. The summed E-state index contributed by atoms with van der Waals surface area (Å²) in [6.07, 6.45) is 2.06. The Kier molecular flexibility index (Phi) is 4.31. The van der Waals surface area contributed by atoms with E-state index in [9.17, 15) is 13.2 Å². The molecule has 1 aliphatic carbocycles. The number of nitrogens with zero attached hydrogens (tertiary/aromatic N) is 1. The second kappa shape index (κ2) is 5.57. The average Bonchev–Trinajstić information content (AvgIpc) is 2.28. The van der Waals surface area contributed by atoms with Crippen molar-refractivity contribution < 1.29 is 13.2 Å². The fourth-order valence-electron chi connectivity index (χ4n) is 3.09. The van der Waals surface area contributed by atoms with Gasteiger partial charge in [0.15, 0.2) is 0 Å². The molecular formula is C12H21F3N2. The predicted molar refractivity (Wildman–Crippen MR) is 60.9 cm³/mol. The van der Waals surface area contributed by atoms with Crippen LogP contribution < -0.4 is 5.32 Å². The summed E-state index contributed by atoms with van der Waals surface area (Å²) in [5.74, 6) is 0.583. The van der Waals surface area contributed by atoms with Crippen molar-refractivity contribution in [2.75, 3.05) is 26.2 Å². The van der Waals surface area contributed by atoms with Crippen molar-refractivity contribution in [1.29, 1.82) is 0 Å². The standard InChI is InChI=1S/C12H21F3N2/c13-12(14,15)9-17-7-6-16-11(8-17)10-4-2-1-3-5-10/h10-11,16H,1-9H2. The molecule has 1 saturated carbocycles. The van der Waals surface area contributed by atoms with Crippen molar-refractivity contribution in [2.45, 2.75) is 44.3 Å². The van der Waals surface area contributed by atoms with Crippen LogP contribution in [0.5, 0.6) is 0 Å². The van der Waals surface area contributed by atoms with Crippen LogP contribution in [-0.2, 0) is 0 Å². The number of piperazine rings is 1. The van der Waals surface area contributed by atoms with Crippen LogP contribution >= 0.6 is 0 Å². The van der Waals surface area contributed by atoms with Crippen LogP contribution in [0.1, 0.15) is 32.1 Å². The molecular weight excluding hydrogens is 229 g/mol. The van der Waals surface area contributed by atoms with E-state index in [0.717, 1.165) is 0 Å². The molecule has 0 spiro atoms. The summed E-state index contributed by atoms with van der Waals surface area (Å²) < 4.78 is 37.0. The Bertz CT molecular complexity index is 236. The maximum absolute atomic E-state index is 12.3. The SMILES string of the molecule is FC(F)(F)CN1CCNC(C2CCCCC2)C1. The van der Waals surface area contributed by atoms with Crippen LogP contribution in [0.2, 0.25) is 0 Å². The van der Waals surface area contributed by atoms with Crippen molar-refractivity contribution in [3.8, 4) is 0 Å². The first-order valence-electron chi connectivity index (χ1n) is 6.57. The Morgan fingerprint density at radius 3 is 2.47 bits per heavy atom. The molecule has 0 aromatic rings. The zero-order valence-electron chi connectivity index (χ0n) is 10.1. The number of nitrogens with one attached hydrogen (secondary N) is 1. The summed E-state index contributed by atoms with van der Waals surface area (Å²) in [7, 11) is 0. The monoisotopic (exact) mass is 250 g/mol. The summed E-state index contributed by atoms with van der Waals surface area (Å²) in [6, 6.07) is 0.270. The van der Waals surface area contributed by atoms with Gasteiger partial charge in [-0.2, -0.15) is 13.2 Å². The molecule has 100 valence electrons. The molecule has 1 atom stereocenters. The molecule has 2 aliphatic rings. The second-order valence-electron chi connectivity index (χ2n) is 5.31. The highest BCUT2D eigenvalue weighted by atomic mass is 19.4. The third-order valence-electron chi connectivity index (χ3n) is 3.91. The van der Waals surface area contributed by atoms with Gasteiger partial charge in [-0.3, -0.25) is 4.90 Å². The fourth-order valence-corrected chi connectivity index (χ4v) is 3.09. The normalized spacial score (nSPS) is 29.5. The van der Waals surface area contributed by atoms with Crippen LogP contribution in [0.3, 0.4) is 0 Å². The summed E-state index contributed by atoms with van der Waals surface area (Å²) in [6.45, 7) is 1.02. The van der Waals surface area contributed by atoms with Gasteiger partial charge in [0.1, 0.15) is 0 Å². The highest BCUT2D eigenvalue weighted by Crippen LogP contribution is 2.28. The van der Waals surface area contributed by atoms with Gasteiger partial charge in [0.05, 0.1) is 6.54 Å². The van der Waals surface area contributed by atoms with E-state index in [2.05, 4.69) is 5.32 Å². The van der Waals surface area contributed by atoms with Crippen molar-refractivity contribution in [1.82, 2.24) is 10.2 Å². The van der Waals surface area contributed by atoms with Gasteiger partial charge in [-0.25, -0.2) is 0 Å². The van der Waals surface area contributed by atoms with Gasteiger partial charge < -0.3 is 5.32 Å². The molecule has 1 aliphatic heterocycles. The van der Waals surface area contributed by atoms with Gasteiger partial charge in [0.25, 0.3) is 0 Å². The maximum Gasteiger partial charge on any atom is 0.401 e. The van der Waals surface area contributed by atoms with E-state index in [1.165, 1.54) is 32.1 Å². The molecule has 5 heteroatoms. The molecule has 2 fully saturated rings. The first-order chi connectivity index (χ1) is 8.04. The van der Waals surface area contributed by atoms with Crippen LogP contribution in [0.4, 0.5) is 13.2 Å². The van der Waals surface area contributed by atoms with Crippen LogP contribution in [-0.4, -0.2) is 43.3 Å². The lowest BCUT2D eigenvalue weighted by Gasteiger charge is -2.39. The number of rotatable bonds is 2. The molecule has 0 bridgehead atoms. The lowest BCUT2D eigenvalue weighted by molar-refractivity contribution is -0.148. The van der Waals surface area contributed by atoms with Gasteiger partial charge in [-0.1, -0.05) is 19.3 Å². The van der Waals surface area contributed by atoms with E-state index in [0.29, 0.717) is 25.6 Å². The summed E-state index contributed by atoms with van der Waals surface area (Å²) in [4.78, 5) is 1.55. The number of hydrogen-bond acceptors (Lipinski definition) is 2. The molecule has 0 amide bonds. The topological polar surface area (TPSA) is 15.3 Å². The molecule has 1 N–H and O–H groups in total. The molecule has 2 rings (SSSR count). The minimum Gasteiger partial charge on any atom is -0.311 e. The molecule has 0 radical (unpaired) electrons. The Hall–Kier alpha value is -0.290. The third kappa shape index (κ3) is 4.14. The van der Waals surface area contributed by atoms with Crippen molar-refractivity contribution in [3.05, 3.63) is 0 Å².